The maximum atomic E-state index is 5.80. The first kappa shape index (κ1) is 48.9. The van der Waals surface area contributed by atoms with Crippen molar-refractivity contribution in [1.82, 2.24) is 0 Å². The second-order valence-corrected chi connectivity index (χ2v) is 14.0. The van der Waals surface area contributed by atoms with Crippen LogP contribution in [-0.4, -0.2) is 106 Å². The van der Waals surface area contributed by atoms with Crippen LogP contribution in [0.15, 0.2) is 48.5 Å². The Hall–Kier alpha value is -2.24. The highest BCUT2D eigenvalue weighted by Crippen LogP contribution is 2.17. The summed E-state index contributed by atoms with van der Waals surface area (Å²) in [6, 6.07) is 16.9. The van der Waals surface area contributed by atoms with E-state index in [0.29, 0.717) is 106 Å². The fourth-order valence-corrected chi connectivity index (χ4v) is 5.94. The summed E-state index contributed by atoms with van der Waals surface area (Å²) in [7, 11) is 0. The Labute approximate surface area is 335 Å². The number of ether oxygens (including phenoxy) is 9. The maximum absolute atomic E-state index is 5.80. The molecular formula is C46H78O9. The van der Waals surface area contributed by atoms with Crippen molar-refractivity contribution < 1.29 is 42.6 Å². The van der Waals surface area contributed by atoms with Gasteiger partial charge in [-0.2, -0.15) is 0 Å². The smallest absolute Gasteiger partial charge is 0.119 e. The second-order valence-electron chi connectivity index (χ2n) is 14.0. The summed E-state index contributed by atoms with van der Waals surface area (Å²) in [6.07, 6.45) is 21.1. The SMILES string of the molecule is CCCCCCCCCc1ccc(OCCOCCOCCOCCOCCOCCOCCOCCOc2ccc(CCCCCCCCC)cc2)cc1. The fourth-order valence-electron chi connectivity index (χ4n) is 5.94. The van der Waals surface area contributed by atoms with E-state index in [9.17, 15) is 0 Å². The van der Waals surface area contributed by atoms with Crippen LogP contribution in [0.25, 0.3) is 0 Å². The summed E-state index contributed by atoms with van der Waals surface area (Å²) in [5, 5.41) is 0. The first-order valence-corrected chi connectivity index (χ1v) is 21.8. The van der Waals surface area contributed by atoms with Crippen LogP contribution < -0.4 is 9.47 Å². The van der Waals surface area contributed by atoms with Crippen LogP contribution >= 0.6 is 0 Å². The largest absolute Gasteiger partial charge is 0.491 e. The van der Waals surface area contributed by atoms with Crippen LogP contribution in [0, 0.1) is 0 Å². The third kappa shape index (κ3) is 31.5. The molecule has 0 atom stereocenters. The zero-order valence-corrected chi connectivity index (χ0v) is 34.9. The van der Waals surface area contributed by atoms with Crippen LogP contribution in [0.1, 0.15) is 115 Å². The summed E-state index contributed by atoms with van der Waals surface area (Å²) >= 11 is 0. The van der Waals surface area contributed by atoms with Gasteiger partial charge in [0.2, 0.25) is 0 Å². The molecule has 0 saturated heterocycles. The van der Waals surface area contributed by atoms with Crippen molar-refractivity contribution in [2.45, 2.75) is 117 Å². The van der Waals surface area contributed by atoms with Gasteiger partial charge in [-0.3, -0.25) is 0 Å². The predicted molar refractivity (Wildman–Crippen MR) is 223 cm³/mol. The normalized spacial score (nSPS) is 11.4. The monoisotopic (exact) mass is 775 g/mol. The molecule has 2 rings (SSSR count). The van der Waals surface area contributed by atoms with E-state index >= 15 is 0 Å². The standard InChI is InChI=1S/C46H78O9/c1-3-5-7-9-11-13-15-17-43-19-23-45(24-20-43)54-41-39-52-37-35-50-33-31-48-29-27-47-28-30-49-32-34-51-36-38-53-40-42-55-46-25-21-44(22-26-46)18-16-14-12-10-8-6-4-2/h19-26H,3-18,27-42H2,1-2H3. The molecule has 2 aromatic rings. The van der Waals surface area contributed by atoms with E-state index in [0.717, 1.165) is 24.3 Å². The molecule has 9 nitrogen and oxygen atoms in total. The molecule has 0 spiro atoms. The summed E-state index contributed by atoms with van der Waals surface area (Å²) in [5.41, 5.74) is 2.77. The van der Waals surface area contributed by atoms with Crippen LogP contribution in [0.2, 0.25) is 0 Å². The maximum Gasteiger partial charge on any atom is 0.119 e. The quantitative estimate of drug-likeness (QED) is 0.0613. The zero-order chi connectivity index (χ0) is 39.0. The van der Waals surface area contributed by atoms with E-state index in [-0.39, 0.29) is 0 Å². The van der Waals surface area contributed by atoms with Crippen LogP contribution in [0.4, 0.5) is 0 Å². The average Bonchev–Trinajstić information content (AvgIpc) is 3.21. The van der Waals surface area contributed by atoms with Gasteiger partial charge in [-0.25, -0.2) is 0 Å². The van der Waals surface area contributed by atoms with Crippen molar-refractivity contribution in [3.05, 3.63) is 59.7 Å². The molecule has 0 aliphatic heterocycles. The molecule has 0 aromatic heterocycles. The summed E-state index contributed by atoms with van der Waals surface area (Å²) < 4.78 is 50.6. The lowest BCUT2D eigenvalue weighted by atomic mass is 10.0. The van der Waals surface area contributed by atoms with E-state index < -0.39 is 0 Å². The van der Waals surface area contributed by atoms with Gasteiger partial charge < -0.3 is 42.6 Å². The second kappa shape index (κ2) is 38.6. The minimum Gasteiger partial charge on any atom is -0.491 e. The first-order valence-electron chi connectivity index (χ1n) is 21.8. The van der Waals surface area contributed by atoms with Gasteiger partial charge in [0.15, 0.2) is 0 Å². The Bertz CT molecular complexity index is 967. The first-order chi connectivity index (χ1) is 27.3. The van der Waals surface area contributed by atoms with Crippen LogP contribution in [-0.2, 0) is 46.0 Å². The lowest BCUT2D eigenvalue weighted by Gasteiger charge is -2.09. The van der Waals surface area contributed by atoms with Gasteiger partial charge in [0.05, 0.1) is 92.5 Å². The molecule has 0 aliphatic carbocycles. The lowest BCUT2D eigenvalue weighted by molar-refractivity contribution is -0.0218. The van der Waals surface area contributed by atoms with E-state index in [1.54, 1.807) is 0 Å². The topological polar surface area (TPSA) is 83.1 Å². The van der Waals surface area contributed by atoms with Gasteiger partial charge in [0.1, 0.15) is 24.7 Å². The Morgan fingerprint density at radius 2 is 0.509 bits per heavy atom. The van der Waals surface area contributed by atoms with Crippen molar-refractivity contribution in [3.63, 3.8) is 0 Å². The Kier molecular flexibility index (Phi) is 34.3. The third-order valence-corrected chi connectivity index (χ3v) is 9.21. The summed E-state index contributed by atoms with van der Waals surface area (Å²) in [5.74, 6) is 1.78. The molecule has 0 unspecified atom stereocenters. The number of unbranched alkanes of at least 4 members (excludes halogenated alkanes) is 12. The summed E-state index contributed by atoms with van der Waals surface area (Å²) in [4.78, 5) is 0. The zero-order valence-electron chi connectivity index (χ0n) is 34.9. The molecule has 316 valence electrons. The third-order valence-electron chi connectivity index (χ3n) is 9.21. The van der Waals surface area contributed by atoms with E-state index in [4.69, 9.17) is 42.6 Å². The van der Waals surface area contributed by atoms with Gasteiger partial charge in [0.25, 0.3) is 0 Å². The molecule has 2 aromatic carbocycles. The average molecular weight is 775 g/mol. The van der Waals surface area contributed by atoms with Crippen molar-refractivity contribution >= 4 is 0 Å². The molecule has 0 saturated carbocycles. The fraction of sp³-hybridized carbons (Fsp3) is 0.739. The Morgan fingerprint density at radius 1 is 0.273 bits per heavy atom. The number of benzene rings is 2. The highest BCUT2D eigenvalue weighted by Gasteiger charge is 2.01. The minimum atomic E-state index is 0.524. The number of rotatable bonds is 42. The van der Waals surface area contributed by atoms with Gasteiger partial charge in [-0.05, 0) is 61.1 Å². The number of hydrogen-bond donors (Lipinski definition) is 0. The molecular weight excluding hydrogens is 696 g/mol. The molecule has 0 heterocycles. The van der Waals surface area contributed by atoms with Crippen molar-refractivity contribution in [1.29, 1.82) is 0 Å². The van der Waals surface area contributed by atoms with Crippen LogP contribution in [0.5, 0.6) is 11.5 Å². The molecule has 0 amide bonds. The van der Waals surface area contributed by atoms with E-state index in [1.165, 1.54) is 101 Å². The number of hydrogen-bond acceptors (Lipinski definition) is 9. The van der Waals surface area contributed by atoms with Crippen LogP contribution in [0.3, 0.4) is 0 Å². The van der Waals surface area contributed by atoms with Gasteiger partial charge >= 0.3 is 0 Å². The summed E-state index contributed by atoms with van der Waals surface area (Å²) in [6.45, 7) is 13.0. The minimum absolute atomic E-state index is 0.524. The molecule has 55 heavy (non-hydrogen) atoms. The van der Waals surface area contributed by atoms with Gasteiger partial charge in [-0.1, -0.05) is 115 Å². The Morgan fingerprint density at radius 3 is 0.782 bits per heavy atom. The van der Waals surface area contributed by atoms with Crippen molar-refractivity contribution in [2.24, 2.45) is 0 Å². The van der Waals surface area contributed by atoms with Crippen molar-refractivity contribution in [3.8, 4) is 11.5 Å². The Balaban J connectivity index is 1.22. The highest BCUT2D eigenvalue weighted by atomic mass is 16.6. The highest BCUT2D eigenvalue weighted by molar-refractivity contribution is 5.28. The molecule has 0 aliphatic rings. The number of aryl methyl sites for hydroxylation is 2. The van der Waals surface area contributed by atoms with E-state index in [1.807, 2.05) is 0 Å². The lowest BCUT2D eigenvalue weighted by Crippen LogP contribution is -2.15. The molecule has 0 bridgehead atoms. The van der Waals surface area contributed by atoms with E-state index in [2.05, 4.69) is 62.4 Å². The molecule has 0 radical (unpaired) electrons. The predicted octanol–water partition coefficient (Wildman–Crippen LogP) is 9.85. The molecule has 0 N–H and O–H groups in total. The molecule has 0 fully saturated rings. The van der Waals surface area contributed by atoms with Gasteiger partial charge in [-0.15, -0.1) is 0 Å². The molecule has 9 heteroatoms. The van der Waals surface area contributed by atoms with Crippen molar-refractivity contribution in [2.75, 3.05) is 106 Å². The van der Waals surface area contributed by atoms with Gasteiger partial charge in [0, 0.05) is 0 Å².